The van der Waals surface area contributed by atoms with Gasteiger partial charge in [-0.25, -0.2) is 14.4 Å². The molecule has 134 valence electrons. The minimum atomic E-state index is -0.394. The molecule has 7 heteroatoms. The Morgan fingerprint density at radius 2 is 1.96 bits per heavy atom. The first-order valence-corrected chi connectivity index (χ1v) is 8.27. The van der Waals surface area contributed by atoms with Crippen LogP contribution in [-0.2, 0) is 6.42 Å². The predicted molar refractivity (Wildman–Crippen MR) is 99.7 cm³/mol. The van der Waals surface area contributed by atoms with E-state index in [-0.39, 0.29) is 11.5 Å². The third-order valence-corrected chi connectivity index (χ3v) is 3.75. The topological polar surface area (TPSA) is 90.7 Å². The maximum atomic E-state index is 12.9. The maximum Gasteiger partial charge on any atom is 0.274 e. The molecule has 0 radical (unpaired) electrons. The van der Waals surface area contributed by atoms with Crippen LogP contribution in [-0.4, -0.2) is 22.4 Å². The van der Waals surface area contributed by atoms with Crippen molar-refractivity contribution in [1.29, 1.82) is 5.26 Å². The number of hydrogen-bond acceptors (Lipinski definition) is 5. The van der Waals surface area contributed by atoms with Crippen molar-refractivity contribution in [3.8, 4) is 6.07 Å². The van der Waals surface area contributed by atoms with E-state index in [4.69, 9.17) is 5.26 Å². The lowest BCUT2D eigenvalue weighted by molar-refractivity contribution is 0.102. The zero-order valence-electron chi connectivity index (χ0n) is 14.3. The number of anilines is 2. The van der Waals surface area contributed by atoms with Crippen molar-refractivity contribution in [2.24, 2.45) is 0 Å². The molecule has 1 amide bonds. The Balaban J connectivity index is 1.59. The highest BCUT2D eigenvalue weighted by atomic mass is 19.1. The Morgan fingerprint density at radius 1 is 1.15 bits per heavy atom. The number of aromatic nitrogens is 2. The van der Waals surface area contributed by atoms with Gasteiger partial charge in [-0.15, -0.1) is 0 Å². The number of halogens is 1. The molecule has 0 aliphatic carbocycles. The van der Waals surface area contributed by atoms with Crippen molar-refractivity contribution in [2.75, 3.05) is 17.2 Å². The van der Waals surface area contributed by atoms with Gasteiger partial charge in [0.25, 0.3) is 5.91 Å². The SMILES string of the molecule is N#Cc1cccc(NC(=O)c2ccnc(NCCc3ccc(F)cc3)n2)c1. The Labute approximate surface area is 155 Å². The number of carbonyl (C=O) groups is 1. The van der Waals surface area contributed by atoms with Crippen LogP contribution >= 0.6 is 0 Å². The molecule has 0 spiro atoms. The standard InChI is InChI=1S/C20H16FN5O/c21-16-6-4-14(5-7-16)8-10-23-20-24-11-9-18(26-20)19(27)25-17-3-1-2-15(12-17)13-22/h1-7,9,11-12H,8,10H2,(H,25,27)(H,23,24,26). The Morgan fingerprint density at radius 3 is 2.74 bits per heavy atom. The number of carbonyl (C=O) groups excluding carboxylic acids is 1. The minimum absolute atomic E-state index is 0.205. The number of amides is 1. The van der Waals surface area contributed by atoms with Crippen LogP contribution in [0, 0.1) is 17.1 Å². The van der Waals surface area contributed by atoms with Crippen molar-refractivity contribution in [2.45, 2.75) is 6.42 Å². The van der Waals surface area contributed by atoms with Crippen LogP contribution in [0.3, 0.4) is 0 Å². The largest absolute Gasteiger partial charge is 0.354 e. The fourth-order valence-electron chi connectivity index (χ4n) is 2.40. The van der Waals surface area contributed by atoms with Gasteiger partial charge in [0, 0.05) is 18.4 Å². The van der Waals surface area contributed by atoms with Crippen LogP contribution < -0.4 is 10.6 Å². The number of nitrogens with zero attached hydrogens (tertiary/aromatic N) is 3. The van der Waals surface area contributed by atoms with Crippen LogP contribution in [0.25, 0.3) is 0 Å². The molecule has 0 bridgehead atoms. The molecular formula is C20H16FN5O. The number of rotatable bonds is 6. The highest BCUT2D eigenvalue weighted by molar-refractivity contribution is 6.03. The van der Waals surface area contributed by atoms with E-state index in [9.17, 15) is 9.18 Å². The van der Waals surface area contributed by atoms with E-state index < -0.39 is 5.91 Å². The molecule has 6 nitrogen and oxygen atoms in total. The Hall–Kier alpha value is -3.79. The minimum Gasteiger partial charge on any atom is -0.354 e. The van der Waals surface area contributed by atoms with Gasteiger partial charge in [0.15, 0.2) is 0 Å². The second kappa shape index (κ2) is 8.54. The summed E-state index contributed by atoms with van der Waals surface area (Å²) >= 11 is 0. The fraction of sp³-hybridized carbons (Fsp3) is 0.100. The first-order chi connectivity index (χ1) is 13.1. The molecular weight excluding hydrogens is 345 g/mol. The molecule has 0 unspecified atom stereocenters. The van der Waals surface area contributed by atoms with Gasteiger partial charge in [-0.05, 0) is 48.4 Å². The molecule has 3 aromatic rings. The van der Waals surface area contributed by atoms with Gasteiger partial charge < -0.3 is 10.6 Å². The Bertz CT molecular complexity index is 982. The summed E-state index contributed by atoms with van der Waals surface area (Å²) in [4.78, 5) is 20.6. The number of benzene rings is 2. The van der Waals surface area contributed by atoms with E-state index in [0.717, 1.165) is 5.56 Å². The molecule has 0 fully saturated rings. The number of hydrogen-bond donors (Lipinski definition) is 2. The van der Waals surface area contributed by atoms with E-state index in [1.165, 1.54) is 24.4 Å². The summed E-state index contributed by atoms with van der Waals surface area (Å²) in [5, 5.41) is 14.7. The molecule has 0 atom stereocenters. The second-order valence-corrected chi connectivity index (χ2v) is 5.72. The summed E-state index contributed by atoms with van der Waals surface area (Å²) in [7, 11) is 0. The molecule has 27 heavy (non-hydrogen) atoms. The van der Waals surface area contributed by atoms with Gasteiger partial charge in [0.2, 0.25) is 5.95 Å². The van der Waals surface area contributed by atoms with E-state index in [1.807, 2.05) is 6.07 Å². The smallest absolute Gasteiger partial charge is 0.274 e. The average molecular weight is 361 g/mol. The van der Waals surface area contributed by atoms with Crippen molar-refractivity contribution < 1.29 is 9.18 Å². The second-order valence-electron chi connectivity index (χ2n) is 5.72. The van der Waals surface area contributed by atoms with Gasteiger partial charge in [-0.1, -0.05) is 18.2 Å². The quantitative estimate of drug-likeness (QED) is 0.702. The molecule has 0 aliphatic rings. The first-order valence-electron chi connectivity index (χ1n) is 8.27. The van der Waals surface area contributed by atoms with E-state index in [2.05, 4.69) is 20.6 Å². The highest BCUT2D eigenvalue weighted by Gasteiger charge is 2.09. The lowest BCUT2D eigenvalue weighted by Crippen LogP contribution is -2.16. The molecule has 1 aromatic heterocycles. The molecule has 2 N–H and O–H groups in total. The van der Waals surface area contributed by atoms with Gasteiger partial charge >= 0.3 is 0 Å². The summed E-state index contributed by atoms with van der Waals surface area (Å²) in [6, 6.07) is 16.4. The first kappa shape index (κ1) is 18.0. The third kappa shape index (κ3) is 5.09. The van der Waals surface area contributed by atoms with Crippen molar-refractivity contribution in [3.63, 3.8) is 0 Å². The van der Waals surface area contributed by atoms with Crippen molar-refractivity contribution in [1.82, 2.24) is 9.97 Å². The lowest BCUT2D eigenvalue weighted by atomic mass is 10.1. The number of nitriles is 1. The monoisotopic (exact) mass is 361 g/mol. The van der Waals surface area contributed by atoms with Gasteiger partial charge in [0.05, 0.1) is 11.6 Å². The van der Waals surface area contributed by atoms with Gasteiger partial charge in [-0.2, -0.15) is 5.26 Å². The maximum absolute atomic E-state index is 12.9. The van der Waals surface area contributed by atoms with Crippen LogP contribution in [0.4, 0.5) is 16.0 Å². The summed E-state index contributed by atoms with van der Waals surface area (Å²) in [5.41, 5.74) is 2.16. The van der Waals surface area contributed by atoms with Gasteiger partial charge in [-0.3, -0.25) is 4.79 Å². The average Bonchev–Trinajstić information content (AvgIpc) is 2.70. The van der Waals surface area contributed by atoms with Crippen LogP contribution in [0.5, 0.6) is 0 Å². The molecule has 2 aromatic carbocycles. The highest BCUT2D eigenvalue weighted by Crippen LogP contribution is 2.12. The molecule has 3 rings (SSSR count). The summed E-state index contributed by atoms with van der Waals surface area (Å²) in [5.74, 6) is -0.335. The molecule has 0 aliphatic heterocycles. The summed E-state index contributed by atoms with van der Waals surface area (Å²) < 4.78 is 12.9. The zero-order chi connectivity index (χ0) is 19.1. The molecule has 0 saturated heterocycles. The van der Waals surface area contributed by atoms with Crippen molar-refractivity contribution >= 4 is 17.5 Å². The van der Waals surface area contributed by atoms with Crippen molar-refractivity contribution in [3.05, 3.63) is 83.4 Å². The van der Waals surface area contributed by atoms with E-state index >= 15 is 0 Å². The van der Waals surface area contributed by atoms with E-state index in [0.29, 0.717) is 30.2 Å². The molecule has 1 heterocycles. The zero-order valence-corrected chi connectivity index (χ0v) is 14.3. The summed E-state index contributed by atoms with van der Waals surface area (Å²) in [6.07, 6.45) is 2.16. The summed E-state index contributed by atoms with van der Waals surface area (Å²) in [6.45, 7) is 0.543. The Kier molecular flexibility index (Phi) is 5.70. The van der Waals surface area contributed by atoms with Gasteiger partial charge in [0.1, 0.15) is 11.5 Å². The van der Waals surface area contributed by atoms with Crippen LogP contribution in [0.15, 0.2) is 60.8 Å². The normalized spacial score (nSPS) is 10.1. The third-order valence-electron chi connectivity index (χ3n) is 3.75. The lowest BCUT2D eigenvalue weighted by Gasteiger charge is -2.08. The molecule has 0 saturated carbocycles. The predicted octanol–water partition coefficient (Wildman–Crippen LogP) is 3.39. The fourth-order valence-corrected chi connectivity index (χ4v) is 2.40. The van der Waals surface area contributed by atoms with Crippen LogP contribution in [0.1, 0.15) is 21.6 Å². The van der Waals surface area contributed by atoms with Crippen LogP contribution in [0.2, 0.25) is 0 Å². The number of nitrogens with one attached hydrogen (secondary N) is 2. The van der Waals surface area contributed by atoms with E-state index in [1.54, 1.807) is 36.4 Å².